The molecule has 0 bridgehead atoms. The number of benzene rings is 2. The maximum Gasteiger partial charge on any atom is 0.290 e. The molecule has 10 heteroatoms. The van der Waals surface area contributed by atoms with Gasteiger partial charge in [-0.3, -0.25) is 9.59 Å². The number of hydrazine groups is 3. The molecule has 1 aliphatic heterocycles. The van der Waals surface area contributed by atoms with Crippen LogP contribution >= 0.6 is 0 Å². The van der Waals surface area contributed by atoms with Crippen molar-refractivity contribution >= 4 is 12.4 Å². The van der Waals surface area contributed by atoms with Crippen LogP contribution in [0.3, 0.4) is 0 Å². The Bertz CT molecular complexity index is 814. The molecule has 0 aromatic heterocycles. The van der Waals surface area contributed by atoms with Crippen LogP contribution in [0.1, 0.15) is 63.7 Å². The Morgan fingerprint density at radius 3 is 2.09 bits per heavy atom. The maximum absolute atomic E-state index is 12.2. The lowest BCUT2D eigenvalue weighted by Gasteiger charge is -2.21. The van der Waals surface area contributed by atoms with Gasteiger partial charge in [0.15, 0.2) is 0 Å². The molecule has 0 saturated carbocycles. The van der Waals surface area contributed by atoms with Crippen molar-refractivity contribution in [3.8, 4) is 11.1 Å². The van der Waals surface area contributed by atoms with Gasteiger partial charge in [0.2, 0.25) is 5.91 Å². The zero-order valence-electron chi connectivity index (χ0n) is 21.3. The van der Waals surface area contributed by atoms with Crippen LogP contribution in [0.5, 0.6) is 0 Å². The normalized spacial score (nSPS) is 12.2. The molecule has 196 valence electrons. The van der Waals surface area contributed by atoms with Gasteiger partial charge in [-0.25, -0.2) is 10.9 Å². The monoisotopic (exact) mass is 490 g/mol. The molecular formula is C25H42N6O4. The molecular weight excluding hydrogens is 448 g/mol. The van der Waals surface area contributed by atoms with Crippen molar-refractivity contribution in [3.05, 3.63) is 59.7 Å². The van der Waals surface area contributed by atoms with Crippen LogP contribution in [0.4, 0.5) is 0 Å². The second kappa shape index (κ2) is 20.5. The second-order valence-corrected chi connectivity index (χ2v) is 7.45. The van der Waals surface area contributed by atoms with E-state index < -0.39 is 0 Å². The number of hydrogen-bond donors (Lipinski definition) is 7. The predicted octanol–water partition coefficient (Wildman–Crippen LogP) is 2.63. The van der Waals surface area contributed by atoms with E-state index in [1.54, 1.807) is 4.90 Å². The average Bonchev–Trinajstić information content (AvgIpc) is 3.43. The van der Waals surface area contributed by atoms with E-state index in [9.17, 15) is 4.79 Å². The van der Waals surface area contributed by atoms with Crippen molar-refractivity contribution in [3.63, 3.8) is 0 Å². The van der Waals surface area contributed by atoms with Crippen LogP contribution in [0.25, 0.3) is 11.1 Å². The molecule has 0 aliphatic carbocycles. The Kier molecular flexibility index (Phi) is 18.8. The number of nitrogens with one attached hydrogen (secondary N) is 4. The first kappa shape index (κ1) is 32.1. The van der Waals surface area contributed by atoms with E-state index in [4.69, 9.17) is 20.7 Å². The summed E-state index contributed by atoms with van der Waals surface area (Å²) in [6.45, 7) is 6.87. The van der Waals surface area contributed by atoms with E-state index >= 15 is 0 Å². The predicted molar refractivity (Wildman–Crippen MR) is 139 cm³/mol. The highest BCUT2D eigenvalue weighted by atomic mass is 16.3. The van der Waals surface area contributed by atoms with Gasteiger partial charge in [-0.05, 0) is 28.7 Å². The number of carboxylic acid groups (broad SMARTS) is 1. The van der Waals surface area contributed by atoms with Crippen molar-refractivity contribution in [1.82, 2.24) is 26.8 Å². The topological polar surface area (TPSA) is 152 Å². The number of aliphatic hydroxyl groups is 1. The Balaban J connectivity index is 0.00000129. The zero-order chi connectivity index (χ0) is 26.5. The van der Waals surface area contributed by atoms with Gasteiger partial charge in [0.05, 0.1) is 6.67 Å². The fraction of sp³-hybridized carbons (Fsp3) is 0.440. The standard InChI is InChI=1S/C20H28N6O.C3H8.CH2O2.CH4O/c1-2-3-8-19(27)26(14-21)13-15-9-11-16(12-10-15)17-6-4-5-7-18(17)20-22-24-25-23-20;1-3-2;2-1-3;1-2/h4-7,9-12,20,22-25H,2-3,8,13-14,21H2,1H3;3H2,1-2H3;1H,(H,2,3);2H,1H3. The molecule has 8 N–H and O–H groups in total. The summed E-state index contributed by atoms with van der Waals surface area (Å²) >= 11 is 0. The molecule has 0 spiro atoms. The minimum absolute atomic E-state index is 0.0233. The highest BCUT2D eigenvalue weighted by Crippen LogP contribution is 2.28. The number of hydrogen-bond acceptors (Lipinski definition) is 8. The van der Waals surface area contributed by atoms with Crippen LogP contribution in [-0.4, -0.2) is 41.3 Å². The van der Waals surface area contributed by atoms with Crippen molar-refractivity contribution in [2.24, 2.45) is 5.73 Å². The molecule has 1 fully saturated rings. The van der Waals surface area contributed by atoms with Crippen LogP contribution < -0.4 is 27.7 Å². The van der Waals surface area contributed by atoms with Gasteiger partial charge in [-0.15, -0.1) is 0 Å². The number of carbonyl (C=O) groups is 2. The molecule has 2 aromatic carbocycles. The molecule has 1 aliphatic rings. The summed E-state index contributed by atoms with van der Waals surface area (Å²) in [5.74, 6) is 0.118. The summed E-state index contributed by atoms with van der Waals surface area (Å²) in [5.41, 5.74) is 22.2. The smallest absolute Gasteiger partial charge is 0.290 e. The van der Waals surface area contributed by atoms with Gasteiger partial charge in [0, 0.05) is 20.1 Å². The quantitative estimate of drug-likeness (QED) is 0.219. The number of amides is 1. The molecule has 0 unspecified atom stereocenters. The molecule has 1 heterocycles. The number of aliphatic hydroxyl groups excluding tert-OH is 1. The molecule has 2 aromatic rings. The Morgan fingerprint density at radius 1 is 1.03 bits per heavy atom. The Morgan fingerprint density at radius 2 is 1.57 bits per heavy atom. The highest BCUT2D eigenvalue weighted by molar-refractivity contribution is 5.76. The Labute approximate surface area is 208 Å². The third kappa shape index (κ3) is 11.9. The third-order valence-electron chi connectivity index (χ3n) is 4.72. The van der Waals surface area contributed by atoms with E-state index in [0.29, 0.717) is 13.0 Å². The fourth-order valence-electron chi connectivity index (χ4n) is 3.17. The first-order chi connectivity index (χ1) is 17.1. The lowest BCUT2D eigenvalue weighted by Crippen LogP contribution is -2.35. The minimum atomic E-state index is -0.250. The molecule has 0 radical (unpaired) electrons. The number of unbranched alkanes of at least 4 members (excludes halogenated alkanes) is 1. The molecule has 1 amide bonds. The van der Waals surface area contributed by atoms with E-state index in [1.165, 1.54) is 6.42 Å². The number of nitrogens with zero attached hydrogens (tertiary/aromatic N) is 1. The summed E-state index contributed by atoms with van der Waals surface area (Å²) in [5, 5.41) is 13.9. The summed E-state index contributed by atoms with van der Waals surface area (Å²) in [6, 6.07) is 16.6. The van der Waals surface area contributed by atoms with E-state index in [0.717, 1.165) is 42.2 Å². The molecule has 35 heavy (non-hydrogen) atoms. The van der Waals surface area contributed by atoms with Gasteiger partial charge in [0.25, 0.3) is 6.47 Å². The van der Waals surface area contributed by atoms with Crippen molar-refractivity contribution < 1.29 is 19.8 Å². The maximum atomic E-state index is 12.2. The van der Waals surface area contributed by atoms with Gasteiger partial charge >= 0.3 is 0 Å². The molecule has 0 atom stereocenters. The van der Waals surface area contributed by atoms with Gasteiger partial charge < -0.3 is 20.8 Å². The highest BCUT2D eigenvalue weighted by Gasteiger charge is 2.18. The van der Waals surface area contributed by atoms with E-state index in [2.05, 4.69) is 79.1 Å². The fourth-order valence-corrected chi connectivity index (χ4v) is 3.17. The molecule has 10 nitrogen and oxygen atoms in total. The minimum Gasteiger partial charge on any atom is -0.483 e. The van der Waals surface area contributed by atoms with Crippen molar-refractivity contribution in [1.29, 1.82) is 0 Å². The zero-order valence-corrected chi connectivity index (χ0v) is 21.3. The van der Waals surface area contributed by atoms with Gasteiger partial charge in [-0.1, -0.05) is 82.1 Å². The van der Waals surface area contributed by atoms with E-state index in [-0.39, 0.29) is 25.2 Å². The lowest BCUT2D eigenvalue weighted by atomic mass is 9.97. The second-order valence-electron chi connectivity index (χ2n) is 7.45. The first-order valence-corrected chi connectivity index (χ1v) is 11.8. The van der Waals surface area contributed by atoms with Crippen LogP contribution in [-0.2, 0) is 16.1 Å². The van der Waals surface area contributed by atoms with Crippen molar-refractivity contribution in [2.75, 3.05) is 13.8 Å². The van der Waals surface area contributed by atoms with Crippen LogP contribution in [0.2, 0.25) is 0 Å². The van der Waals surface area contributed by atoms with Crippen LogP contribution in [0.15, 0.2) is 48.5 Å². The average molecular weight is 491 g/mol. The first-order valence-electron chi connectivity index (χ1n) is 11.8. The summed E-state index contributed by atoms with van der Waals surface area (Å²) in [6.07, 6.45) is 3.69. The Hall–Kier alpha value is -2.86. The number of nitrogens with two attached hydrogens (primary N) is 1. The van der Waals surface area contributed by atoms with Gasteiger partial charge in [-0.2, -0.15) is 11.1 Å². The largest absolute Gasteiger partial charge is 0.483 e. The van der Waals surface area contributed by atoms with Gasteiger partial charge in [0.1, 0.15) is 6.17 Å². The van der Waals surface area contributed by atoms with Crippen molar-refractivity contribution in [2.45, 2.75) is 59.2 Å². The molecule has 1 saturated heterocycles. The number of rotatable bonds is 8. The summed E-state index contributed by atoms with van der Waals surface area (Å²) < 4.78 is 0. The summed E-state index contributed by atoms with van der Waals surface area (Å²) in [7, 11) is 1.00. The lowest BCUT2D eigenvalue weighted by molar-refractivity contribution is -0.131. The van der Waals surface area contributed by atoms with E-state index in [1.807, 2.05) is 12.1 Å². The third-order valence-corrected chi connectivity index (χ3v) is 4.72. The molecule has 3 rings (SSSR count). The number of carbonyl (C=O) groups excluding carboxylic acids is 1. The summed E-state index contributed by atoms with van der Waals surface area (Å²) in [4.78, 5) is 22.3. The SMILES string of the molecule is CCC.CCCCC(=O)N(CN)Cc1ccc(-c2ccccc2C2NNNN2)cc1.CO.O=CO. The van der Waals surface area contributed by atoms with Crippen LogP contribution in [0, 0.1) is 0 Å².